The molecule has 1 aromatic rings. The number of nitrogens with one attached hydrogen (secondary N) is 2. The van der Waals surface area contributed by atoms with Crippen LogP contribution in [0.15, 0.2) is 30.3 Å². The summed E-state index contributed by atoms with van der Waals surface area (Å²) in [4.78, 5) is 23.0. The van der Waals surface area contributed by atoms with Gasteiger partial charge in [0, 0.05) is 24.7 Å². The van der Waals surface area contributed by atoms with E-state index >= 15 is 0 Å². The molecule has 2 amide bonds. The molecule has 0 spiro atoms. The Morgan fingerprint density at radius 3 is 2.12 bits per heavy atom. The van der Waals surface area contributed by atoms with Crippen molar-refractivity contribution in [3.8, 4) is 0 Å². The zero-order valence-electron chi connectivity index (χ0n) is 15.6. The largest absolute Gasteiger partial charge is 0.444 e. The highest BCUT2D eigenvalue weighted by molar-refractivity contribution is 5.94. The van der Waals surface area contributed by atoms with Gasteiger partial charge in [0.25, 0.3) is 12.0 Å². The van der Waals surface area contributed by atoms with Crippen molar-refractivity contribution in [2.75, 3.05) is 13.6 Å². The Bertz CT molecular complexity index is 646. The summed E-state index contributed by atoms with van der Waals surface area (Å²) in [5.41, 5.74) is 0.179. The van der Waals surface area contributed by atoms with E-state index in [0.29, 0.717) is 30.5 Å². The molecule has 7 heteroatoms. The second kappa shape index (κ2) is 9.89. The summed E-state index contributed by atoms with van der Waals surface area (Å²) < 4.78 is 31.6. The SMILES string of the molecule is CNC(=O)c1ccc(C(CCCCNC(=O)OC(C)(C)C)=C(F)F)cc1. The van der Waals surface area contributed by atoms with E-state index < -0.39 is 17.8 Å². The van der Waals surface area contributed by atoms with Gasteiger partial charge >= 0.3 is 6.09 Å². The normalized spacial score (nSPS) is 10.8. The molecule has 0 aliphatic rings. The van der Waals surface area contributed by atoms with Crippen molar-refractivity contribution >= 4 is 17.6 Å². The molecule has 0 saturated heterocycles. The van der Waals surface area contributed by atoms with Gasteiger partial charge in [0.1, 0.15) is 5.60 Å². The minimum atomic E-state index is -1.74. The van der Waals surface area contributed by atoms with Gasteiger partial charge in [-0.05, 0) is 57.7 Å². The first kappa shape index (κ1) is 21.6. The summed E-state index contributed by atoms with van der Waals surface area (Å²) in [7, 11) is 1.51. The Labute approximate surface area is 152 Å². The van der Waals surface area contributed by atoms with Crippen LogP contribution in [0.25, 0.3) is 5.57 Å². The smallest absolute Gasteiger partial charge is 0.407 e. The summed E-state index contributed by atoms with van der Waals surface area (Å²) in [5, 5.41) is 5.08. The summed E-state index contributed by atoms with van der Waals surface area (Å²) in [6.07, 6.45) is -1.04. The molecule has 0 radical (unpaired) electrons. The van der Waals surface area contributed by atoms with Crippen LogP contribution in [0.2, 0.25) is 0 Å². The van der Waals surface area contributed by atoms with Crippen LogP contribution in [-0.4, -0.2) is 31.2 Å². The third-order valence-corrected chi connectivity index (χ3v) is 3.47. The maximum absolute atomic E-state index is 13.2. The number of alkyl carbamates (subject to hydrolysis) is 1. The van der Waals surface area contributed by atoms with E-state index in [-0.39, 0.29) is 17.9 Å². The van der Waals surface area contributed by atoms with Crippen molar-refractivity contribution in [1.82, 2.24) is 10.6 Å². The maximum Gasteiger partial charge on any atom is 0.407 e. The number of ether oxygens (including phenoxy) is 1. The van der Waals surface area contributed by atoms with Crippen molar-refractivity contribution in [2.24, 2.45) is 0 Å². The molecule has 0 aromatic heterocycles. The van der Waals surface area contributed by atoms with E-state index in [1.54, 1.807) is 20.8 Å². The highest BCUT2D eigenvalue weighted by Crippen LogP contribution is 2.26. The average molecular weight is 368 g/mol. The molecular weight excluding hydrogens is 342 g/mol. The molecular formula is C19H26F2N2O3. The minimum Gasteiger partial charge on any atom is -0.444 e. The van der Waals surface area contributed by atoms with Crippen LogP contribution < -0.4 is 10.6 Å². The monoisotopic (exact) mass is 368 g/mol. The molecule has 5 nitrogen and oxygen atoms in total. The van der Waals surface area contributed by atoms with Gasteiger partial charge in [0.2, 0.25) is 0 Å². The molecule has 2 N–H and O–H groups in total. The molecule has 1 aromatic carbocycles. The van der Waals surface area contributed by atoms with E-state index in [0.717, 1.165) is 0 Å². The highest BCUT2D eigenvalue weighted by Gasteiger charge is 2.15. The topological polar surface area (TPSA) is 67.4 Å². The number of rotatable bonds is 7. The summed E-state index contributed by atoms with van der Waals surface area (Å²) >= 11 is 0. The maximum atomic E-state index is 13.2. The zero-order valence-corrected chi connectivity index (χ0v) is 15.6. The molecule has 0 heterocycles. The number of carbonyl (C=O) groups is 2. The van der Waals surface area contributed by atoms with Gasteiger partial charge in [-0.1, -0.05) is 12.1 Å². The predicted molar refractivity (Wildman–Crippen MR) is 97.1 cm³/mol. The first-order valence-electron chi connectivity index (χ1n) is 8.47. The second-order valence-corrected chi connectivity index (χ2v) is 6.78. The van der Waals surface area contributed by atoms with Crippen molar-refractivity contribution in [1.29, 1.82) is 0 Å². The minimum absolute atomic E-state index is 0.0503. The Morgan fingerprint density at radius 1 is 1.04 bits per heavy atom. The molecule has 0 fully saturated rings. The fraction of sp³-hybridized carbons (Fsp3) is 0.474. The van der Waals surface area contributed by atoms with E-state index in [1.165, 1.54) is 31.3 Å². The molecule has 0 atom stereocenters. The van der Waals surface area contributed by atoms with Crippen molar-refractivity contribution in [3.63, 3.8) is 0 Å². The number of unbranched alkanes of at least 4 members (excludes halogenated alkanes) is 1. The molecule has 26 heavy (non-hydrogen) atoms. The lowest BCUT2D eigenvalue weighted by molar-refractivity contribution is 0.0527. The average Bonchev–Trinajstić information content (AvgIpc) is 2.55. The van der Waals surface area contributed by atoms with Crippen LogP contribution in [0, 0.1) is 0 Å². The van der Waals surface area contributed by atoms with Crippen LogP contribution >= 0.6 is 0 Å². The van der Waals surface area contributed by atoms with Gasteiger partial charge in [0.15, 0.2) is 0 Å². The highest BCUT2D eigenvalue weighted by atomic mass is 19.3. The summed E-state index contributed by atoms with van der Waals surface area (Å²) in [6, 6.07) is 6.05. The molecule has 0 bridgehead atoms. The molecule has 0 aliphatic heterocycles. The van der Waals surface area contributed by atoms with Gasteiger partial charge < -0.3 is 15.4 Å². The van der Waals surface area contributed by atoms with Gasteiger partial charge in [-0.2, -0.15) is 8.78 Å². The number of halogens is 2. The lowest BCUT2D eigenvalue weighted by Crippen LogP contribution is -2.32. The number of hydrogen-bond donors (Lipinski definition) is 2. The first-order chi connectivity index (χ1) is 12.1. The standard InChI is InChI=1S/C19H26F2N2O3/c1-19(2,3)26-18(25)23-12-6-5-7-15(16(20)21)13-8-10-14(11-9-13)17(24)22-4/h8-11H,5-7,12H2,1-4H3,(H,22,24)(H,23,25). The second-order valence-electron chi connectivity index (χ2n) is 6.78. The predicted octanol–water partition coefficient (Wildman–Crippen LogP) is 4.35. The van der Waals surface area contributed by atoms with E-state index in [4.69, 9.17) is 4.74 Å². The van der Waals surface area contributed by atoms with Crippen LogP contribution in [-0.2, 0) is 4.74 Å². The van der Waals surface area contributed by atoms with E-state index in [9.17, 15) is 18.4 Å². The molecule has 0 saturated carbocycles. The van der Waals surface area contributed by atoms with Gasteiger partial charge in [-0.25, -0.2) is 4.79 Å². The van der Waals surface area contributed by atoms with Crippen LogP contribution in [0.4, 0.5) is 13.6 Å². The summed E-state index contributed by atoms with van der Waals surface area (Å²) in [6.45, 7) is 5.65. The zero-order chi connectivity index (χ0) is 19.7. The number of allylic oxidation sites excluding steroid dienone is 1. The Kier molecular flexibility index (Phi) is 8.22. The van der Waals surface area contributed by atoms with Crippen LogP contribution in [0.3, 0.4) is 0 Å². The van der Waals surface area contributed by atoms with Crippen LogP contribution in [0.5, 0.6) is 0 Å². The Morgan fingerprint density at radius 2 is 1.62 bits per heavy atom. The molecule has 0 aliphatic carbocycles. The number of amides is 2. The van der Waals surface area contributed by atoms with Crippen molar-refractivity contribution in [3.05, 3.63) is 41.5 Å². The Balaban J connectivity index is 2.51. The molecule has 0 unspecified atom stereocenters. The lowest BCUT2D eigenvalue weighted by Gasteiger charge is -2.19. The van der Waals surface area contributed by atoms with Crippen molar-refractivity contribution in [2.45, 2.75) is 45.6 Å². The number of carbonyl (C=O) groups excluding carboxylic acids is 2. The third-order valence-electron chi connectivity index (χ3n) is 3.47. The van der Waals surface area contributed by atoms with Crippen molar-refractivity contribution < 1.29 is 23.1 Å². The van der Waals surface area contributed by atoms with E-state index in [2.05, 4.69) is 10.6 Å². The van der Waals surface area contributed by atoms with Gasteiger partial charge in [-0.3, -0.25) is 4.79 Å². The quantitative estimate of drug-likeness (QED) is 0.703. The van der Waals surface area contributed by atoms with E-state index in [1.807, 2.05) is 0 Å². The number of hydrogen-bond acceptors (Lipinski definition) is 3. The lowest BCUT2D eigenvalue weighted by atomic mass is 10.00. The van der Waals surface area contributed by atoms with Crippen LogP contribution in [0.1, 0.15) is 56.0 Å². The molecule has 1 rings (SSSR count). The third kappa shape index (κ3) is 7.63. The first-order valence-corrected chi connectivity index (χ1v) is 8.47. The van der Waals surface area contributed by atoms with Gasteiger partial charge in [0.05, 0.1) is 0 Å². The molecule has 144 valence electrons. The Hall–Kier alpha value is -2.44. The summed E-state index contributed by atoms with van der Waals surface area (Å²) in [5.74, 6) is -0.268. The fourth-order valence-corrected chi connectivity index (χ4v) is 2.25. The number of benzene rings is 1. The fourth-order valence-electron chi connectivity index (χ4n) is 2.25. The van der Waals surface area contributed by atoms with Gasteiger partial charge in [-0.15, -0.1) is 0 Å².